The topological polar surface area (TPSA) is 91.7 Å². The van der Waals surface area contributed by atoms with E-state index < -0.39 is 21.9 Å². The number of carboxylic acid groups (broad SMARTS) is 1. The zero-order chi connectivity index (χ0) is 14.8. The van der Waals surface area contributed by atoms with E-state index in [4.69, 9.17) is 5.11 Å². The molecule has 19 heavy (non-hydrogen) atoms. The van der Waals surface area contributed by atoms with Crippen LogP contribution < -0.4 is 0 Å². The lowest BCUT2D eigenvalue weighted by atomic mass is 10.1. The Bertz CT molecular complexity index is 587. The first-order valence-corrected chi connectivity index (χ1v) is 7.55. The first-order chi connectivity index (χ1) is 8.65. The Balaban J connectivity index is 3.29. The van der Waals surface area contributed by atoms with Gasteiger partial charge < -0.3 is 10.2 Å². The number of aryl methyl sites for hydroxylation is 1. The van der Waals surface area contributed by atoms with Crippen molar-refractivity contribution < 1.29 is 23.4 Å². The van der Waals surface area contributed by atoms with Crippen molar-refractivity contribution in [3.8, 4) is 0 Å². The molecule has 0 spiro atoms. The maximum absolute atomic E-state index is 12.2. The molecule has 1 aromatic rings. The quantitative estimate of drug-likeness (QED) is 0.856. The highest BCUT2D eigenvalue weighted by Crippen LogP contribution is 2.23. The van der Waals surface area contributed by atoms with E-state index in [9.17, 15) is 18.3 Å². The molecule has 0 saturated heterocycles. The summed E-state index contributed by atoms with van der Waals surface area (Å²) in [6.45, 7) is 4.84. The van der Waals surface area contributed by atoms with E-state index in [0.717, 1.165) is 0 Å². The summed E-state index contributed by atoms with van der Waals surface area (Å²) in [6.07, 6.45) is -0.586. The molecule has 106 valence electrons. The number of hydrogen-bond donors (Lipinski definition) is 2. The van der Waals surface area contributed by atoms with Crippen molar-refractivity contribution >= 4 is 15.8 Å². The van der Waals surface area contributed by atoms with E-state index >= 15 is 0 Å². The van der Waals surface area contributed by atoms with Gasteiger partial charge in [-0.3, -0.25) is 0 Å². The predicted octanol–water partition coefficient (Wildman–Crippen LogP) is 1.55. The normalized spacial score (nSPS) is 13.3. The van der Waals surface area contributed by atoms with Gasteiger partial charge in [-0.05, 0) is 50.5 Å². The molecule has 0 aromatic heterocycles. The van der Waals surface area contributed by atoms with Crippen LogP contribution in [0.3, 0.4) is 0 Å². The molecule has 1 rings (SSSR count). The van der Waals surface area contributed by atoms with Gasteiger partial charge in [-0.1, -0.05) is 0 Å². The smallest absolute Gasteiger partial charge is 0.335 e. The van der Waals surface area contributed by atoms with Crippen molar-refractivity contribution in [3.05, 3.63) is 28.8 Å². The van der Waals surface area contributed by atoms with Gasteiger partial charge in [0.1, 0.15) is 0 Å². The third-order valence-electron chi connectivity index (χ3n) is 3.01. The third-order valence-corrected chi connectivity index (χ3v) is 4.87. The fraction of sp³-hybridized carbons (Fsp3) is 0.462. The molecule has 0 aliphatic carbocycles. The average Bonchev–Trinajstić information content (AvgIpc) is 2.29. The molecule has 6 heteroatoms. The SMILES string of the molecule is Cc1cc(C(=O)O)cc(S(=O)(=O)CCC(C)O)c1C. The van der Waals surface area contributed by atoms with Crippen molar-refractivity contribution in [2.75, 3.05) is 5.75 Å². The van der Waals surface area contributed by atoms with Crippen molar-refractivity contribution in [3.63, 3.8) is 0 Å². The minimum Gasteiger partial charge on any atom is -0.478 e. The van der Waals surface area contributed by atoms with Crippen LogP contribution in [0.5, 0.6) is 0 Å². The molecule has 0 aliphatic heterocycles. The van der Waals surface area contributed by atoms with Gasteiger partial charge in [0, 0.05) is 0 Å². The van der Waals surface area contributed by atoms with E-state index in [0.29, 0.717) is 11.1 Å². The lowest BCUT2D eigenvalue weighted by Gasteiger charge is -2.12. The van der Waals surface area contributed by atoms with E-state index in [-0.39, 0.29) is 22.6 Å². The van der Waals surface area contributed by atoms with Crippen LogP contribution in [0.25, 0.3) is 0 Å². The molecule has 0 bridgehead atoms. The number of sulfone groups is 1. The lowest BCUT2D eigenvalue weighted by Crippen LogP contribution is -2.15. The maximum Gasteiger partial charge on any atom is 0.335 e. The number of carboxylic acids is 1. The van der Waals surface area contributed by atoms with E-state index in [2.05, 4.69) is 0 Å². The van der Waals surface area contributed by atoms with Gasteiger partial charge in [-0.2, -0.15) is 0 Å². The molecular weight excluding hydrogens is 268 g/mol. The second-order valence-electron chi connectivity index (χ2n) is 4.68. The van der Waals surface area contributed by atoms with Crippen molar-refractivity contribution in [1.82, 2.24) is 0 Å². The summed E-state index contributed by atoms with van der Waals surface area (Å²) in [7, 11) is -3.59. The van der Waals surface area contributed by atoms with Crippen molar-refractivity contribution in [1.29, 1.82) is 0 Å². The number of carbonyl (C=O) groups is 1. The fourth-order valence-corrected chi connectivity index (χ4v) is 3.51. The number of aliphatic hydroxyl groups is 1. The van der Waals surface area contributed by atoms with Crippen LogP contribution in [0, 0.1) is 13.8 Å². The monoisotopic (exact) mass is 286 g/mol. The number of aliphatic hydroxyl groups excluding tert-OH is 1. The van der Waals surface area contributed by atoms with Crippen molar-refractivity contribution in [2.24, 2.45) is 0 Å². The highest BCUT2D eigenvalue weighted by atomic mass is 32.2. The number of hydrogen-bond acceptors (Lipinski definition) is 4. The molecule has 1 aromatic carbocycles. The van der Waals surface area contributed by atoms with Crippen LogP contribution in [-0.2, 0) is 9.84 Å². The molecule has 5 nitrogen and oxygen atoms in total. The zero-order valence-corrected chi connectivity index (χ0v) is 12.0. The highest BCUT2D eigenvalue weighted by Gasteiger charge is 2.21. The third kappa shape index (κ3) is 3.78. The number of rotatable bonds is 5. The molecule has 1 atom stereocenters. The summed E-state index contributed by atoms with van der Waals surface area (Å²) in [5.41, 5.74) is 1.13. The Hall–Kier alpha value is -1.40. The molecule has 0 fully saturated rings. The standard InChI is InChI=1S/C13H18O5S/c1-8-6-11(13(15)16)7-12(10(8)3)19(17,18)5-4-9(2)14/h6-7,9,14H,4-5H2,1-3H3,(H,15,16). The van der Waals surface area contributed by atoms with E-state index in [1.54, 1.807) is 13.8 Å². The predicted molar refractivity (Wildman–Crippen MR) is 71.2 cm³/mol. The van der Waals surface area contributed by atoms with Gasteiger partial charge in [0.15, 0.2) is 9.84 Å². The Morgan fingerprint density at radius 3 is 2.37 bits per heavy atom. The maximum atomic E-state index is 12.2. The average molecular weight is 286 g/mol. The molecule has 0 amide bonds. The molecule has 0 radical (unpaired) electrons. The van der Waals surface area contributed by atoms with Crippen LogP contribution >= 0.6 is 0 Å². The zero-order valence-electron chi connectivity index (χ0n) is 11.2. The van der Waals surface area contributed by atoms with E-state index in [1.807, 2.05) is 0 Å². The van der Waals surface area contributed by atoms with Crippen LogP contribution in [0.15, 0.2) is 17.0 Å². The van der Waals surface area contributed by atoms with Gasteiger partial charge in [-0.15, -0.1) is 0 Å². The largest absolute Gasteiger partial charge is 0.478 e. The molecule has 1 unspecified atom stereocenters. The van der Waals surface area contributed by atoms with Crippen LogP contribution in [0.2, 0.25) is 0 Å². The summed E-state index contributed by atoms with van der Waals surface area (Å²) < 4.78 is 24.4. The molecule has 0 aliphatic rings. The molecule has 0 heterocycles. The van der Waals surface area contributed by atoms with Gasteiger partial charge in [0.25, 0.3) is 0 Å². The van der Waals surface area contributed by atoms with Gasteiger partial charge in [-0.25, -0.2) is 13.2 Å². The Labute approximate surface area is 112 Å². The summed E-state index contributed by atoms with van der Waals surface area (Å²) in [4.78, 5) is 11.0. The van der Waals surface area contributed by atoms with Crippen LogP contribution in [0.1, 0.15) is 34.8 Å². The van der Waals surface area contributed by atoms with Crippen LogP contribution in [-0.4, -0.2) is 36.5 Å². The van der Waals surface area contributed by atoms with Crippen molar-refractivity contribution in [2.45, 2.75) is 38.2 Å². The number of benzene rings is 1. The second-order valence-corrected chi connectivity index (χ2v) is 6.76. The molecular formula is C13H18O5S. The highest BCUT2D eigenvalue weighted by molar-refractivity contribution is 7.91. The summed E-state index contributed by atoms with van der Waals surface area (Å²) in [5, 5.41) is 18.1. The lowest BCUT2D eigenvalue weighted by molar-refractivity contribution is 0.0696. The van der Waals surface area contributed by atoms with E-state index in [1.165, 1.54) is 19.1 Å². The van der Waals surface area contributed by atoms with Gasteiger partial charge in [0.2, 0.25) is 0 Å². The molecule has 2 N–H and O–H groups in total. The minimum atomic E-state index is -3.59. The summed E-state index contributed by atoms with van der Waals surface area (Å²) >= 11 is 0. The fourth-order valence-electron chi connectivity index (χ4n) is 1.71. The summed E-state index contributed by atoms with van der Waals surface area (Å²) in [5.74, 6) is -1.36. The molecule has 0 saturated carbocycles. The summed E-state index contributed by atoms with van der Waals surface area (Å²) in [6, 6.07) is 2.63. The second kappa shape index (κ2) is 5.71. The van der Waals surface area contributed by atoms with Gasteiger partial charge >= 0.3 is 5.97 Å². The minimum absolute atomic E-state index is 0.0329. The Morgan fingerprint density at radius 1 is 1.32 bits per heavy atom. The first kappa shape index (κ1) is 15.7. The Morgan fingerprint density at radius 2 is 1.89 bits per heavy atom. The van der Waals surface area contributed by atoms with Crippen LogP contribution in [0.4, 0.5) is 0 Å². The first-order valence-electron chi connectivity index (χ1n) is 5.90. The Kier molecular flexibility index (Phi) is 4.70. The number of aromatic carboxylic acids is 1. The van der Waals surface area contributed by atoms with Gasteiger partial charge in [0.05, 0.1) is 22.3 Å².